The largest absolute Gasteiger partial charge is 0.310 e. The first kappa shape index (κ1) is 44.6. The Morgan fingerprint density at radius 3 is 1.26 bits per heavy atom. The highest BCUT2D eigenvalue weighted by molar-refractivity contribution is 5.92. The van der Waals surface area contributed by atoms with Gasteiger partial charge in [0.1, 0.15) is 5.82 Å². The van der Waals surface area contributed by atoms with Crippen molar-refractivity contribution in [3.05, 3.63) is 310 Å². The Hall–Kier alpha value is -8.61. The molecule has 0 fully saturated rings. The summed E-state index contributed by atoms with van der Waals surface area (Å²) < 4.78 is 75.6. The van der Waals surface area contributed by atoms with Crippen LogP contribution in [0.4, 0.5) is 39.0 Å². The molecule has 12 rings (SSSR count). The second-order valence-corrected chi connectivity index (χ2v) is 18.6. The van der Waals surface area contributed by atoms with Gasteiger partial charge in [-0.05, 0) is 168 Å². The molecule has 0 saturated carbocycles. The summed E-state index contributed by atoms with van der Waals surface area (Å²) in [6.07, 6.45) is 2.60. The predicted octanol–water partition coefficient (Wildman–Crippen LogP) is 17.5. The molecule has 6 heteroatoms. The van der Waals surface area contributed by atoms with Crippen LogP contribution in [0.25, 0.3) is 39.5 Å². The molecule has 72 heavy (non-hydrogen) atoms. The van der Waals surface area contributed by atoms with Gasteiger partial charge in [0.25, 0.3) is 0 Å². The van der Waals surface area contributed by atoms with Crippen molar-refractivity contribution < 1.29 is 22.0 Å². The summed E-state index contributed by atoms with van der Waals surface area (Å²) in [5.74, 6) is -4.08. The number of hydrogen-bond acceptors (Lipinski definition) is 1. The third kappa shape index (κ3) is 6.80. The van der Waals surface area contributed by atoms with Gasteiger partial charge < -0.3 is 4.90 Å². The maximum atomic E-state index is 15.8. The van der Waals surface area contributed by atoms with Crippen molar-refractivity contribution in [1.29, 1.82) is 0 Å². The van der Waals surface area contributed by atoms with Gasteiger partial charge in [-0.25, -0.2) is 22.0 Å². The SMILES string of the molecule is C=Cc1ccc(C2(c3ccc(F)c(F)c3)c3ccccc3-c3ccc(N(c4ccc(-c5ccc(F)cc5)cc4)c4ccc5c(c4)C(c4ccc(CC)cc4)(c4ccc(F)c(F)c4)c4ccccc4-5)cc32)cc1. The number of halogens is 5. The van der Waals surface area contributed by atoms with E-state index in [4.69, 9.17) is 0 Å². The number of rotatable bonds is 10. The lowest BCUT2D eigenvalue weighted by Crippen LogP contribution is -2.29. The van der Waals surface area contributed by atoms with Crippen LogP contribution in [0.3, 0.4) is 0 Å². The second kappa shape index (κ2) is 17.4. The maximum Gasteiger partial charge on any atom is 0.159 e. The molecule has 1 nitrogen and oxygen atoms in total. The summed E-state index contributed by atoms with van der Waals surface area (Å²) in [6.45, 7) is 6.09. The monoisotopic (exact) mass is 945 g/mol. The number of fused-ring (bicyclic) bond motifs is 6. The molecule has 348 valence electrons. The molecular formula is C66H44F5N. The highest BCUT2D eigenvalue weighted by Gasteiger charge is 2.48. The smallest absolute Gasteiger partial charge is 0.159 e. The molecule has 10 aromatic rings. The standard InChI is InChI=1S/C66H44F5N/c1-3-41-13-21-45(22-14-41)65(47-25-35-61(68)63(70)37-47)57-11-7-5-9-53(57)55-33-31-51(39-59(55)65)72(50-29-19-44(20-30-50)43-17-27-49(67)28-18-43)52-32-34-56-54-10-6-8-12-58(54)66(60(56)40-52,46-23-15-42(4-2)16-24-46)48-26-36-62(69)64(71)38-48/h3,5-40H,1,4H2,2H3. The van der Waals surface area contributed by atoms with E-state index in [1.54, 1.807) is 30.3 Å². The zero-order valence-electron chi connectivity index (χ0n) is 39.1. The molecule has 2 unspecified atom stereocenters. The van der Waals surface area contributed by atoms with E-state index in [-0.39, 0.29) is 5.82 Å². The van der Waals surface area contributed by atoms with Crippen molar-refractivity contribution in [3.63, 3.8) is 0 Å². The minimum absolute atomic E-state index is 0.323. The van der Waals surface area contributed by atoms with Gasteiger partial charge in [0.15, 0.2) is 23.3 Å². The van der Waals surface area contributed by atoms with Gasteiger partial charge in [0.2, 0.25) is 0 Å². The molecule has 0 N–H and O–H groups in total. The van der Waals surface area contributed by atoms with E-state index < -0.39 is 34.1 Å². The molecule has 0 radical (unpaired) electrons. The van der Waals surface area contributed by atoms with Crippen molar-refractivity contribution in [1.82, 2.24) is 0 Å². The normalized spacial score (nSPS) is 16.1. The van der Waals surface area contributed by atoms with E-state index in [1.165, 1.54) is 36.4 Å². The van der Waals surface area contributed by atoms with Crippen LogP contribution in [0.2, 0.25) is 0 Å². The molecule has 10 aromatic carbocycles. The molecule has 0 amide bonds. The van der Waals surface area contributed by atoms with Gasteiger partial charge in [-0.15, -0.1) is 0 Å². The van der Waals surface area contributed by atoms with Gasteiger partial charge in [0.05, 0.1) is 10.8 Å². The van der Waals surface area contributed by atoms with E-state index in [0.717, 1.165) is 101 Å². The molecular weight excluding hydrogens is 902 g/mol. The molecule has 0 aliphatic heterocycles. The molecule has 2 aliphatic carbocycles. The van der Waals surface area contributed by atoms with Crippen molar-refractivity contribution in [2.24, 2.45) is 0 Å². The molecule has 2 aliphatic rings. The third-order valence-corrected chi connectivity index (χ3v) is 15.0. The Morgan fingerprint density at radius 2 is 0.806 bits per heavy atom. The van der Waals surface area contributed by atoms with Crippen LogP contribution >= 0.6 is 0 Å². The summed E-state index contributed by atoms with van der Waals surface area (Å²) >= 11 is 0. The van der Waals surface area contributed by atoms with E-state index >= 15 is 8.78 Å². The fourth-order valence-corrected chi connectivity index (χ4v) is 11.6. The number of benzene rings is 10. The Labute approximate surface area is 415 Å². The molecule has 0 heterocycles. The van der Waals surface area contributed by atoms with Gasteiger partial charge in [-0.3, -0.25) is 0 Å². The minimum atomic E-state index is -1.10. The minimum Gasteiger partial charge on any atom is -0.310 e. The third-order valence-electron chi connectivity index (χ3n) is 15.0. The summed E-state index contributed by atoms with van der Waals surface area (Å²) in [6, 6.07) is 68.3. The lowest BCUT2D eigenvalue weighted by Gasteiger charge is -2.36. The average Bonchev–Trinajstić information content (AvgIpc) is 3.88. The number of aryl methyl sites for hydroxylation is 1. The highest BCUT2D eigenvalue weighted by atomic mass is 19.2. The maximum absolute atomic E-state index is 15.8. The highest BCUT2D eigenvalue weighted by Crippen LogP contribution is 2.60. The van der Waals surface area contributed by atoms with Crippen molar-refractivity contribution in [3.8, 4) is 33.4 Å². The lowest BCUT2D eigenvalue weighted by atomic mass is 9.67. The zero-order valence-corrected chi connectivity index (χ0v) is 39.1. The first-order valence-electron chi connectivity index (χ1n) is 24.0. The predicted molar refractivity (Wildman–Crippen MR) is 280 cm³/mol. The van der Waals surface area contributed by atoms with Gasteiger partial charge in [-0.1, -0.05) is 165 Å². The van der Waals surface area contributed by atoms with E-state index in [9.17, 15) is 13.2 Å². The number of nitrogens with zero attached hydrogens (tertiary/aromatic N) is 1. The first-order valence-corrected chi connectivity index (χ1v) is 24.0. The van der Waals surface area contributed by atoms with E-state index in [2.05, 4.69) is 103 Å². The van der Waals surface area contributed by atoms with Gasteiger partial charge in [0, 0.05) is 17.1 Å². The summed E-state index contributed by atoms with van der Waals surface area (Å²) in [4.78, 5) is 2.17. The Bertz CT molecular complexity index is 3750. The number of anilines is 3. The van der Waals surface area contributed by atoms with Gasteiger partial charge in [-0.2, -0.15) is 0 Å². The van der Waals surface area contributed by atoms with Crippen LogP contribution in [-0.4, -0.2) is 0 Å². The van der Waals surface area contributed by atoms with Crippen LogP contribution in [0.5, 0.6) is 0 Å². The van der Waals surface area contributed by atoms with E-state index in [1.807, 2.05) is 72.8 Å². The molecule has 0 saturated heterocycles. The summed E-state index contributed by atoms with van der Waals surface area (Å²) in [5, 5.41) is 0. The van der Waals surface area contributed by atoms with Crippen LogP contribution in [-0.2, 0) is 17.3 Å². The van der Waals surface area contributed by atoms with Crippen LogP contribution in [0.1, 0.15) is 62.6 Å². The Morgan fingerprint density at radius 1 is 0.389 bits per heavy atom. The van der Waals surface area contributed by atoms with Crippen LogP contribution < -0.4 is 4.90 Å². The molecule has 0 bridgehead atoms. The quantitative estimate of drug-likeness (QED) is 0.124. The summed E-state index contributed by atoms with van der Waals surface area (Å²) in [7, 11) is 0. The van der Waals surface area contributed by atoms with Crippen LogP contribution in [0, 0.1) is 29.1 Å². The van der Waals surface area contributed by atoms with Crippen molar-refractivity contribution >= 4 is 23.1 Å². The van der Waals surface area contributed by atoms with E-state index in [0.29, 0.717) is 11.1 Å². The second-order valence-electron chi connectivity index (χ2n) is 18.6. The zero-order chi connectivity index (χ0) is 49.3. The first-order chi connectivity index (χ1) is 35.1. The van der Waals surface area contributed by atoms with Gasteiger partial charge >= 0.3 is 0 Å². The molecule has 0 spiro atoms. The lowest BCUT2D eigenvalue weighted by molar-refractivity contribution is 0.505. The van der Waals surface area contributed by atoms with Crippen molar-refractivity contribution in [2.45, 2.75) is 24.2 Å². The molecule has 2 atom stereocenters. The molecule has 0 aromatic heterocycles. The summed E-state index contributed by atoms with van der Waals surface area (Å²) in [5.41, 5.74) is 14.3. The van der Waals surface area contributed by atoms with Crippen LogP contribution in [0.15, 0.2) is 225 Å². The van der Waals surface area contributed by atoms with Crippen molar-refractivity contribution in [2.75, 3.05) is 4.90 Å². The topological polar surface area (TPSA) is 3.24 Å². The fourth-order valence-electron chi connectivity index (χ4n) is 11.6. The average molecular weight is 946 g/mol. The fraction of sp³-hybridized carbons (Fsp3) is 0.0606. The Balaban J connectivity index is 1.14. The Kier molecular flexibility index (Phi) is 10.7. The number of hydrogen-bond donors (Lipinski definition) is 0.